The Morgan fingerprint density at radius 1 is 0.939 bits per heavy atom. The van der Waals surface area contributed by atoms with Crippen molar-refractivity contribution in [1.82, 2.24) is 9.62 Å². The van der Waals surface area contributed by atoms with Crippen LogP contribution in [0, 0.1) is 0 Å². The van der Waals surface area contributed by atoms with E-state index in [1.54, 1.807) is 18.2 Å². The first-order valence-electron chi connectivity index (χ1n) is 11.2. The highest BCUT2D eigenvalue weighted by Crippen LogP contribution is 2.30. The van der Waals surface area contributed by atoms with Crippen molar-refractivity contribution in [3.63, 3.8) is 0 Å². The third-order valence-electron chi connectivity index (χ3n) is 6.23. The van der Waals surface area contributed by atoms with Crippen molar-refractivity contribution < 1.29 is 17.9 Å². The van der Waals surface area contributed by atoms with Crippen molar-refractivity contribution in [1.29, 1.82) is 0 Å². The van der Waals surface area contributed by atoms with E-state index in [1.807, 2.05) is 30.3 Å². The van der Waals surface area contributed by atoms with Crippen LogP contribution in [0.1, 0.15) is 34.3 Å². The van der Waals surface area contributed by atoms with Crippen LogP contribution in [0.25, 0.3) is 11.1 Å². The maximum absolute atomic E-state index is 12.8. The molecule has 3 aromatic rings. The topological polar surface area (TPSA) is 75.7 Å². The summed E-state index contributed by atoms with van der Waals surface area (Å²) in [6.45, 7) is 2.17. The number of ether oxygens (including phenoxy) is 1. The van der Waals surface area contributed by atoms with Gasteiger partial charge >= 0.3 is 0 Å². The van der Waals surface area contributed by atoms with Gasteiger partial charge in [0.1, 0.15) is 5.75 Å². The van der Waals surface area contributed by atoms with Crippen molar-refractivity contribution >= 4 is 15.9 Å². The SMILES string of the molecule is O=C(NCc1ccc(-c2ccc3c(c2)CCO3)cc1)c1cccc(S(=O)(=O)N2CCCC2)c1. The molecular weight excluding hydrogens is 436 g/mol. The van der Waals surface area contributed by atoms with Gasteiger partial charge in [-0.3, -0.25) is 4.79 Å². The predicted octanol–water partition coefficient (Wildman–Crippen LogP) is 4.00. The lowest BCUT2D eigenvalue weighted by Crippen LogP contribution is -2.28. The van der Waals surface area contributed by atoms with Gasteiger partial charge in [0.2, 0.25) is 10.0 Å². The molecule has 0 spiro atoms. The quantitative estimate of drug-likeness (QED) is 0.601. The second kappa shape index (κ2) is 9.00. The van der Waals surface area contributed by atoms with E-state index < -0.39 is 10.0 Å². The van der Waals surface area contributed by atoms with E-state index in [-0.39, 0.29) is 10.8 Å². The van der Waals surface area contributed by atoms with E-state index in [4.69, 9.17) is 4.74 Å². The molecule has 3 aromatic carbocycles. The lowest BCUT2D eigenvalue weighted by atomic mass is 10.0. The number of sulfonamides is 1. The highest BCUT2D eigenvalue weighted by Gasteiger charge is 2.27. The molecule has 2 heterocycles. The predicted molar refractivity (Wildman–Crippen MR) is 127 cm³/mol. The van der Waals surface area contributed by atoms with Crippen LogP contribution in [0.3, 0.4) is 0 Å². The zero-order valence-electron chi connectivity index (χ0n) is 18.3. The molecule has 0 unspecified atom stereocenters. The van der Waals surface area contributed by atoms with Crippen molar-refractivity contribution in [2.75, 3.05) is 19.7 Å². The number of rotatable bonds is 6. The van der Waals surface area contributed by atoms with Gasteiger partial charge in [-0.25, -0.2) is 8.42 Å². The molecule has 1 saturated heterocycles. The fourth-order valence-corrected chi connectivity index (χ4v) is 5.90. The molecule has 2 aliphatic rings. The largest absolute Gasteiger partial charge is 0.493 e. The number of fused-ring (bicyclic) bond motifs is 1. The van der Waals surface area contributed by atoms with Crippen LogP contribution in [0.2, 0.25) is 0 Å². The van der Waals surface area contributed by atoms with Crippen molar-refractivity contribution in [3.8, 4) is 16.9 Å². The molecule has 1 amide bonds. The maximum Gasteiger partial charge on any atom is 0.251 e. The summed E-state index contributed by atoms with van der Waals surface area (Å²) in [5.74, 6) is 0.673. The first kappa shape index (κ1) is 21.7. The molecule has 0 bridgehead atoms. The summed E-state index contributed by atoms with van der Waals surface area (Å²) >= 11 is 0. The minimum Gasteiger partial charge on any atom is -0.493 e. The summed E-state index contributed by atoms with van der Waals surface area (Å²) in [4.78, 5) is 12.9. The standard InChI is InChI=1S/C26H26N2O4S/c29-26(23-4-3-5-24(17-23)33(30,31)28-13-1-2-14-28)27-18-19-6-8-20(9-7-19)21-10-11-25-22(16-21)12-15-32-25/h3-11,16-17H,1-2,12-15,18H2,(H,27,29). The van der Waals surface area contributed by atoms with Crippen LogP contribution in [0.4, 0.5) is 0 Å². The lowest BCUT2D eigenvalue weighted by molar-refractivity contribution is 0.0950. The van der Waals surface area contributed by atoms with Crippen LogP contribution in [0.15, 0.2) is 71.6 Å². The monoisotopic (exact) mass is 462 g/mol. The number of carbonyl (C=O) groups is 1. The van der Waals surface area contributed by atoms with Crippen LogP contribution >= 0.6 is 0 Å². The van der Waals surface area contributed by atoms with Crippen LogP contribution < -0.4 is 10.1 Å². The summed E-state index contributed by atoms with van der Waals surface area (Å²) in [5.41, 5.74) is 4.80. The number of amides is 1. The Bertz CT molecular complexity index is 1280. The molecule has 0 aromatic heterocycles. The number of benzene rings is 3. The molecule has 0 atom stereocenters. The van der Waals surface area contributed by atoms with Crippen LogP contribution in [0.5, 0.6) is 5.75 Å². The second-order valence-corrected chi connectivity index (χ2v) is 10.4. The Morgan fingerprint density at radius 3 is 2.48 bits per heavy atom. The molecule has 1 N–H and O–H groups in total. The zero-order valence-corrected chi connectivity index (χ0v) is 19.1. The summed E-state index contributed by atoms with van der Waals surface area (Å²) < 4.78 is 32.6. The van der Waals surface area contributed by atoms with Gasteiger partial charge < -0.3 is 10.1 Å². The Hall–Kier alpha value is -3.16. The molecule has 5 rings (SSSR count). The van der Waals surface area contributed by atoms with Gasteiger partial charge in [0.25, 0.3) is 5.91 Å². The van der Waals surface area contributed by atoms with Gasteiger partial charge in [-0.1, -0.05) is 36.4 Å². The minimum absolute atomic E-state index is 0.168. The highest BCUT2D eigenvalue weighted by atomic mass is 32.2. The minimum atomic E-state index is -3.55. The maximum atomic E-state index is 12.8. The van der Waals surface area contributed by atoms with Crippen molar-refractivity contribution in [3.05, 3.63) is 83.4 Å². The van der Waals surface area contributed by atoms with E-state index in [2.05, 4.69) is 17.4 Å². The Morgan fingerprint density at radius 2 is 1.70 bits per heavy atom. The highest BCUT2D eigenvalue weighted by molar-refractivity contribution is 7.89. The van der Waals surface area contributed by atoms with Crippen molar-refractivity contribution in [2.24, 2.45) is 0 Å². The van der Waals surface area contributed by atoms with Crippen LogP contribution in [-0.4, -0.2) is 38.3 Å². The van der Waals surface area contributed by atoms with Crippen molar-refractivity contribution in [2.45, 2.75) is 30.7 Å². The number of hydrogen-bond acceptors (Lipinski definition) is 4. The third-order valence-corrected chi connectivity index (χ3v) is 8.12. The van der Waals surface area contributed by atoms with E-state index >= 15 is 0 Å². The van der Waals surface area contributed by atoms with E-state index in [0.29, 0.717) is 25.2 Å². The first-order valence-corrected chi connectivity index (χ1v) is 12.7. The van der Waals surface area contributed by atoms with Gasteiger partial charge in [0.15, 0.2) is 0 Å². The summed E-state index contributed by atoms with van der Waals surface area (Å²) in [5, 5.41) is 2.89. The van der Waals surface area contributed by atoms with Gasteiger partial charge in [0.05, 0.1) is 11.5 Å². The molecule has 0 aliphatic carbocycles. The fraction of sp³-hybridized carbons (Fsp3) is 0.269. The molecule has 6 nitrogen and oxygen atoms in total. The average molecular weight is 463 g/mol. The number of hydrogen-bond donors (Lipinski definition) is 1. The van der Waals surface area contributed by atoms with Gasteiger partial charge in [-0.15, -0.1) is 0 Å². The van der Waals surface area contributed by atoms with Gasteiger partial charge in [-0.05, 0) is 65.4 Å². The van der Waals surface area contributed by atoms with Gasteiger partial charge in [-0.2, -0.15) is 4.31 Å². The normalized spacial score (nSPS) is 15.8. The third kappa shape index (κ3) is 4.51. The van der Waals surface area contributed by atoms with E-state index in [1.165, 1.54) is 15.9 Å². The Labute approximate surface area is 194 Å². The van der Waals surface area contributed by atoms with Gasteiger partial charge in [0, 0.05) is 31.6 Å². The molecule has 33 heavy (non-hydrogen) atoms. The Balaban J connectivity index is 1.24. The van der Waals surface area contributed by atoms with Crippen LogP contribution in [-0.2, 0) is 23.0 Å². The Kier molecular flexibility index (Phi) is 5.91. The average Bonchev–Trinajstić information content (AvgIpc) is 3.55. The summed E-state index contributed by atoms with van der Waals surface area (Å²) in [6.07, 6.45) is 2.69. The molecule has 0 saturated carbocycles. The molecule has 170 valence electrons. The van der Waals surface area contributed by atoms with E-state index in [9.17, 15) is 13.2 Å². The summed E-state index contributed by atoms with van der Waals surface area (Å²) in [7, 11) is -3.55. The van der Waals surface area contributed by atoms with E-state index in [0.717, 1.165) is 48.3 Å². The lowest BCUT2D eigenvalue weighted by Gasteiger charge is -2.16. The smallest absolute Gasteiger partial charge is 0.251 e. The zero-order chi connectivity index (χ0) is 22.8. The fourth-order valence-electron chi connectivity index (χ4n) is 4.34. The first-order chi connectivity index (χ1) is 16.0. The molecular formula is C26H26N2O4S. The number of nitrogens with zero attached hydrogens (tertiary/aromatic N) is 1. The number of carbonyl (C=O) groups excluding carboxylic acids is 1. The summed E-state index contributed by atoms with van der Waals surface area (Å²) in [6, 6.07) is 20.6. The molecule has 2 aliphatic heterocycles. The number of nitrogens with one attached hydrogen (secondary N) is 1. The molecule has 0 radical (unpaired) electrons. The second-order valence-electron chi connectivity index (χ2n) is 8.44. The molecule has 1 fully saturated rings. The molecule has 7 heteroatoms.